The summed E-state index contributed by atoms with van der Waals surface area (Å²) in [5.74, 6) is -0.493. The van der Waals surface area contributed by atoms with E-state index in [2.05, 4.69) is 5.32 Å². The lowest BCUT2D eigenvalue weighted by atomic mass is 10.1. The summed E-state index contributed by atoms with van der Waals surface area (Å²) >= 11 is 0. The van der Waals surface area contributed by atoms with E-state index in [0.717, 1.165) is 11.4 Å². The molecule has 3 rings (SSSR count). The fourth-order valence-electron chi connectivity index (χ4n) is 2.21. The first-order valence-corrected chi connectivity index (χ1v) is 6.04. The standard InChI is InChI=1S/C15H10FN3O/c16-11-2-4-12(5-3-11)19-9-15(20)18-13-7-10(8-17)1-6-14(13)19/h1-7H,9H2,(H,18,20). The summed E-state index contributed by atoms with van der Waals surface area (Å²) in [6, 6.07) is 13.1. The molecule has 0 bridgehead atoms. The third kappa shape index (κ3) is 2.08. The number of carbonyl (C=O) groups excluding carboxylic acids is 1. The van der Waals surface area contributed by atoms with Gasteiger partial charge >= 0.3 is 0 Å². The Morgan fingerprint density at radius 2 is 1.95 bits per heavy atom. The number of nitriles is 1. The average Bonchev–Trinajstić information content (AvgIpc) is 2.46. The summed E-state index contributed by atoms with van der Waals surface area (Å²) in [5.41, 5.74) is 2.58. The third-order valence-corrected chi connectivity index (χ3v) is 3.13. The topological polar surface area (TPSA) is 56.1 Å². The predicted octanol–water partition coefficient (Wildman–Crippen LogP) is 2.79. The molecule has 1 amide bonds. The van der Waals surface area contributed by atoms with Gasteiger partial charge < -0.3 is 10.2 Å². The van der Waals surface area contributed by atoms with Crippen molar-refractivity contribution in [3.8, 4) is 6.07 Å². The monoisotopic (exact) mass is 267 g/mol. The van der Waals surface area contributed by atoms with Crippen LogP contribution in [0.1, 0.15) is 5.56 Å². The van der Waals surface area contributed by atoms with Crippen LogP contribution < -0.4 is 10.2 Å². The number of hydrogen-bond donors (Lipinski definition) is 1. The van der Waals surface area contributed by atoms with E-state index in [-0.39, 0.29) is 18.3 Å². The van der Waals surface area contributed by atoms with E-state index in [1.807, 2.05) is 6.07 Å². The molecule has 98 valence electrons. The minimum absolute atomic E-state index is 0.157. The summed E-state index contributed by atoms with van der Waals surface area (Å²) in [7, 11) is 0. The average molecular weight is 267 g/mol. The van der Waals surface area contributed by atoms with Crippen LogP contribution in [-0.4, -0.2) is 12.5 Å². The summed E-state index contributed by atoms with van der Waals surface area (Å²) in [5, 5.41) is 11.6. The molecule has 1 heterocycles. The fourth-order valence-corrected chi connectivity index (χ4v) is 2.21. The summed E-state index contributed by atoms with van der Waals surface area (Å²) in [6.45, 7) is 0.157. The highest BCUT2D eigenvalue weighted by atomic mass is 19.1. The van der Waals surface area contributed by atoms with Gasteiger partial charge in [-0.25, -0.2) is 4.39 Å². The Labute approximate surface area is 115 Å². The van der Waals surface area contributed by atoms with Crippen LogP contribution in [0.5, 0.6) is 0 Å². The first-order chi connectivity index (χ1) is 9.67. The highest BCUT2D eigenvalue weighted by Gasteiger charge is 2.23. The van der Waals surface area contributed by atoms with Gasteiger partial charge in [0.05, 0.1) is 23.0 Å². The number of anilines is 3. The number of benzene rings is 2. The molecule has 0 aromatic heterocycles. The van der Waals surface area contributed by atoms with Gasteiger partial charge in [-0.3, -0.25) is 4.79 Å². The minimum atomic E-state index is -0.324. The first-order valence-electron chi connectivity index (χ1n) is 6.04. The Morgan fingerprint density at radius 1 is 1.20 bits per heavy atom. The van der Waals surface area contributed by atoms with Gasteiger partial charge in [0.25, 0.3) is 0 Å². The van der Waals surface area contributed by atoms with Crippen LogP contribution in [0.2, 0.25) is 0 Å². The molecular weight excluding hydrogens is 257 g/mol. The number of amides is 1. The highest BCUT2D eigenvalue weighted by Crippen LogP contribution is 2.35. The van der Waals surface area contributed by atoms with Gasteiger partial charge in [-0.05, 0) is 42.5 Å². The highest BCUT2D eigenvalue weighted by molar-refractivity contribution is 6.03. The molecule has 2 aromatic carbocycles. The maximum absolute atomic E-state index is 13.0. The molecule has 20 heavy (non-hydrogen) atoms. The Kier molecular flexibility index (Phi) is 2.84. The summed E-state index contributed by atoms with van der Waals surface area (Å²) in [4.78, 5) is 13.6. The number of hydrogen-bond acceptors (Lipinski definition) is 3. The zero-order valence-corrected chi connectivity index (χ0v) is 10.4. The first kappa shape index (κ1) is 12.2. The molecule has 0 fully saturated rings. The second kappa shape index (κ2) is 4.67. The second-order valence-electron chi connectivity index (χ2n) is 4.45. The van der Waals surface area contributed by atoms with Gasteiger partial charge in [0.2, 0.25) is 5.91 Å². The Bertz CT molecular complexity index is 719. The molecule has 0 spiro atoms. The molecular formula is C15H10FN3O. The molecule has 0 unspecified atom stereocenters. The van der Waals surface area contributed by atoms with Crippen molar-refractivity contribution in [1.82, 2.24) is 0 Å². The van der Waals surface area contributed by atoms with E-state index < -0.39 is 0 Å². The lowest BCUT2D eigenvalue weighted by Gasteiger charge is -2.31. The van der Waals surface area contributed by atoms with Crippen LogP contribution in [0.3, 0.4) is 0 Å². The molecule has 0 atom stereocenters. The number of carbonyl (C=O) groups is 1. The molecule has 1 aliphatic rings. The van der Waals surface area contributed by atoms with Gasteiger partial charge in [0.1, 0.15) is 12.4 Å². The van der Waals surface area contributed by atoms with Gasteiger partial charge in [-0.1, -0.05) is 0 Å². The number of rotatable bonds is 1. The van der Waals surface area contributed by atoms with Crippen molar-refractivity contribution >= 4 is 23.0 Å². The SMILES string of the molecule is N#Cc1ccc2c(c1)NC(=O)CN2c1ccc(F)cc1. The maximum atomic E-state index is 13.0. The van der Waals surface area contributed by atoms with Crippen molar-refractivity contribution in [3.63, 3.8) is 0 Å². The van der Waals surface area contributed by atoms with E-state index >= 15 is 0 Å². The minimum Gasteiger partial charge on any atom is -0.330 e. The number of nitrogens with zero attached hydrogens (tertiary/aromatic N) is 2. The van der Waals surface area contributed by atoms with Crippen molar-refractivity contribution in [1.29, 1.82) is 5.26 Å². The molecule has 0 radical (unpaired) electrons. The lowest BCUT2D eigenvalue weighted by Crippen LogP contribution is -2.35. The lowest BCUT2D eigenvalue weighted by molar-refractivity contribution is -0.115. The smallest absolute Gasteiger partial charge is 0.244 e. The van der Waals surface area contributed by atoms with Crippen molar-refractivity contribution < 1.29 is 9.18 Å². The zero-order chi connectivity index (χ0) is 14.1. The van der Waals surface area contributed by atoms with E-state index in [0.29, 0.717) is 11.3 Å². The normalized spacial score (nSPS) is 13.4. The molecule has 1 N–H and O–H groups in total. The maximum Gasteiger partial charge on any atom is 0.244 e. The number of fused-ring (bicyclic) bond motifs is 1. The molecule has 0 saturated heterocycles. The van der Waals surface area contributed by atoms with Crippen LogP contribution >= 0.6 is 0 Å². The van der Waals surface area contributed by atoms with E-state index in [1.54, 1.807) is 35.2 Å². The largest absolute Gasteiger partial charge is 0.330 e. The summed E-state index contributed by atoms with van der Waals surface area (Å²) in [6.07, 6.45) is 0. The number of nitrogens with one attached hydrogen (secondary N) is 1. The molecule has 2 aromatic rings. The van der Waals surface area contributed by atoms with Gasteiger partial charge in [0, 0.05) is 5.69 Å². The van der Waals surface area contributed by atoms with Gasteiger partial charge in [0.15, 0.2) is 0 Å². The molecule has 5 heteroatoms. The van der Waals surface area contributed by atoms with Gasteiger partial charge in [-0.2, -0.15) is 5.26 Å². The molecule has 1 aliphatic heterocycles. The van der Waals surface area contributed by atoms with E-state index in [4.69, 9.17) is 5.26 Å². The van der Waals surface area contributed by atoms with Crippen LogP contribution in [-0.2, 0) is 4.79 Å². The van der Waals surface area contributed by atoms with Gasteiger partial charge in [-0.15, -0.1) is 0 Å². The molecule has 0 aliphatic carbocycles. The second-order valence-corrected chi connectivity index (χ2v) is 4.45. The van der Waals surface area contributed by atoms with Crippen LogP contribution in [0.4, 0.5) is 21.5 Å². The quantitative estimate of drug-likeness (QED) is 0.864. The van der Waals surface area contributed by atoms with E-state index in [1.165, 1.54) is 12.1 Å². The van der Waals surface area contributed by atoms with Crippen LogP contribution in [0.15, 0.2) is 42.5 Å². The van der Waals surface area contributed by atoms with Crippen LogP contribution in [0.25, 0.3) is 0 Å². The van der Waals surface area contributed by atoms with Crippen molar-refractivity contribution in [2.45, 2.75) is 0 Å². The number of halogens is 1. The summed E-state index contributed by atoms with van der Waals surface area (Å²) < 4.78 is 13.0. The Hall–Kier alpha value is -2.87. The van der Waals surface area contributed by atoms with Crippen LogP contribution in [0, 0.1) is 17.1 Å². The predicted molar refractivity (Wildman–Crippen MR) is 73.2 cm³/mol. The Balaban J connectivity index is 2.08. The Morgan fingerprint density at radius 3 is 2.65 bits per heavy atom. The fraction of sp³-hybridized carbons (Fsp3) is 0.0667. The molecule has 0 saturated carbocycles. The third-order valence-electron chi connectivity index (χ3n) is 3.13. The van der Waals surface area contributed by atoms with Crippen molar-refractivity contribution in [3.05, 3.63) is 53.8 Å². The van der Waals surface area contributed by atoms with E-state index in [9.17, 15) is 9.18 Å². The molecule has 4 nitrogen and oxygen atoms in total. The van der Waals surface area contributed by atoms with Crippen molar-refractivity contribution in [2.24, 2.45) is 0 Å². The van der Waals surface area contributed by atoms with Crippen molar-refractivity contribution in [2.75, 3.05) is 16.8 Å². The zero-order valence-electron chi connectivity index (χ0n) is 10.4.